The summed E-state index contributed by atoms with van der Waals surface area (Å²) < 4.78 is 20.7. The van der Waals surface area contributed by atoms with Crippen LogP contribution in [-0.2, 0) is 19.1 Å². The number of hydrogen-bond acceptors (Lipinski definition) is 7. The molecule has 0 radical (unpaired) electrons. The molecule has 8 heteroatoms. The number of halogens is 1. The maximum absolute atomic E-state index is 11.4. The summed E-state index contributed by atoms with van der Waals surface area (Å²) in [5.74, 6) is 0.731. The molecule has 0 bridgehead atoms. The molecule has 2 aromatic rings. The van der Waals surface area contributed by atoms with Gasteiger partial charge in [0.15, 0.2) is 13.2 Å². The van der Waals surface area contributed by atoms with Gasteiger partial charge in [-0.1, -0.05) is 37.6 Å². The molecule has 0 aliphatic carbocycles. The first kappa shape index (κ1) is 29.2. The number of carbonyl (C=O) groups is 2. The fourth-order valence-electron chi connectivity index (χ4n) is 3.10. The van der Waals surface area contributed by atoms with Gasteiger partial charge in [-0.2, -0.15) is 0 Å². The van der Waals surface area contributed by atoms with E-state index in [9.17, 15) is 9.59 Å². The van der Waals surface area contributed by atoms with Gasteiger partial charge in [0, 0.05) is 5.92 Å². The van der Waals surface area contributed by atoms with Crippen LogP contribution in [0.1, 0.15) is 50.7 Å². The van der Waals surface area contributed by atoms with Crippen molar-refractivity contribution < 1.29 is 28.5 Å². The van der Waals surface area contributed by atoms with Gasteiger partial charge in [-0.3, -0.25) is 0 Å². The highest BCUT2D eigenvalue weighted by atomic mass is 35.5. The second-order valence-electron chi connectivity index (χ2n) is 6.67. The molecular formula is C24H34ClNO6. The highest BCUT2D eigenvalue weighted by Gasteiger charge is 2.14. The molecule has 2 rings (SSSR count). The van der Waals surface area contributed by atoms with Gasteiger partial charge in [0.1, 0.15) is 11.5 Å². The van der Waals surface area contributed by atoms with Crippen molar-refractivity contribution in [3.05, 3.63) is 59.7 Å². The summed E-state index contributed by atoms with van der Waals surface area (Å²) in [6.45, 7) is 6.16. The molecule has 0 saturated carbocycles. The highest BCUT2D eigenvalue weighted by molar-refractivity contribution is 5.85. The Hall–Kier alpha value is -2.77. The molecular weight excluding hydrogens is 434 g/mol. The minimum atomic E-state index is -0.379. The minimum absolute atomic E-state index is 0. The molecule has 7 nitrogen and oxygen atoms in total. The number of ether oxygens (including phenoxy) is 4. The van der Waals surface area contributed by atoms with Crippen molar-refractivity contribution in [1.82, 2.24) is 6.15 Å². The predicted octanol–water partition coefficient (Wildman–Crippen LogP) is 5.09. The number of esters is 2. The van der Waals surface area contributed by atoms with E-state index in [0.717, 1.165) is 12.8 Å². The summed E-state index contributed by atoms with van der Waals surface area (Å²) in [4.78, 5) is 22.8. The summed E-state index contributed by atoms with van der Waals surface area (Å²) in [5.41, 5.74) is 2.33. The third-order valence-electron chi connectivity index (χ3n) is 4.47. The summed E-state index contributed by atoms with van der Waals surface area (Å²) >= 11 is 0. The Morgan fingerprint density at radius 3 is 1.41 bits per heavy atom. The molecule has 0 saturated heterocycles. The first-order valence-corrected chi connectivity index (χ1v) is 10.3. The van der Waals surface area contributed by atoms with Gasteiger partial charge in [-0.25, -0.2) is 9.59 Å². The van der Waals surface area contributed by atoms with Crippen molar-refractivity contribution >= 4 is 24.3 Å². The van der Waals surface area contributed by atoms with Gasteiger partial charge in [-0.05, 0) is 55.7 Å². The molecule has 0 amide bonds. The monoisotopic (exact) mass is 467 g/mol. The van der Waals surface area contributed by atoms with Crippen molar-refractivity contribution in [2.45, 2.75) is 39.5 Å². The van der Waals surface area contributed by atoms with E-state index < -0.39 is 0 Å². The maximum Gasteiger partial charge on any atom is 0.344 e. The van der Waals surface area contributed by atoms with E-state index in [1.807, 2.05) is 48.5 Å². The van der Waals surface area contributed by atoms with Crippen LogP contribution in [0.5, 0.6) is 11.5 Å². The lowest BCUT2D eigenvalue weighted by molar-refractivity contribution is -0.146. The van der Waals surface area contributed by atoms with Gasteiger partial charge >= 0.3 is 11.9 Å². The molecule has 0 unspecified atom stereocenters. The standard InChI is InChI=1S/C24H30O6.ClH.H3N/c1-4-7-22(18-8-12-20(13-9-18)29-16-23(25)27-5-2)19-10-14-21(15-11-19)30-17-24(26)28-6-3;;/h8-15,22H,4-7,16-17H2,1-3H3;1H;1H3. The lowest BCUT2D eigenvalue weighted by Crippen LogP contribution is -2.14. The van der Waals surface area contributed by atoms with Crippen molar-refractivity contribution in [3.63, 3.8) is 0 Å². The van der Waals surface area contributed by atoms with Crippen LogP contribution in [0.2, 0.25) is 0 Å². The summed E-state index contributed by atoms with van der Waals surface area (Å²) in [6, 6.07) is 15.6. The smallest absolute Gasteiger partial charge is 0.344 e. The van der Waals surface area contributed by atoms with Crippen LogP contribution in [0.4, 0.5) is 0 Å². The number of rotatable bonds is 12. The quantitative estimate of drug-likeness (QED) is 0.433. The van der Waals surface area contributed by atoms with Crippen LogP contribution in [0.3, 0.4) is 0 Å². The van der Waals surface area contributed by atoms with Gasteiger partial charge in [0.25, 0.3) is 0 Å². The molecule has 0 aliphatic rings. The van der Waals surface area contributed by atoms with E-state index in [1.54, 1.807) is 13.8 Å². The van der Waals surface area contributed by atoms with Crippen LogP contribution in [0.25, 0.3) is 0 Å². The molecule has 0 heterocycles. The lowest BCUT2D eigenvalue weighted by atomic mass is 9.87. The van der Waals surface area contributed by atoms with Crippen molar-refractivity contribution in [1.29, 1.82) is 0 Å². The van der Waals surface area contributed by atoms with Gasteiger partial charge < -0.3 is 25.1 Å². The van der Waals surface area contributed by atoms with E-state index in [4.69, 9.17) is 18.9 Å². The first-order chi connectivity index (χ1) is 14.6. The van der Waals surface area contributed by atoms with Crippen LogP contribution < -0.4 is 15.6 Å². The van der Waals surface area contributed by atoms with E-state index >= 15 is 0 Å². The van der Waals surface area contributed by atoms with E-state index in [-0.39, 0.29) is 49.6 Å². The fourth-order valence-corrected chi connectivity index (χ4v) is 3.10. The summed E-state index contributed by atoms with van der Waals surface area (Å²) in [7, 11) is 0. The summed E-state index contributed by atoms with van der Waals surface area (Å²) in [6.07, 6.45) is 2.03. The normalized spacial score (nSPS) is 9.88. The second kappa shape index (κ2) is 15.9. The zero-order chi connectivity index (χ0) is 21.8. The Labute approximate surface area is 196 Å². The molecule has 3 N–H and O–H groups in total. The second-order valence-corrected chi connectivity index (χ2v) is 6.67. The Morgan fingerprint density at radius 1 is 0.719 bits per heavy atom. The molecule has 32 heavy (non-hydrogen) atoms. The number of benzene rings is 2. The van der Waals surface area contributed by atoms with Crippen molar-refractivity contribution in [3.8, 4) is 11.5 Å². The first-order valence-electron chi connectivity index (χ1n) is 10.3. The SMILES string of the molecule is CCCC(c1ccc(OCC(=O)OCC)cc1)c1ccc(OCC(=O)OCC)cc1.Cl.N. The van der Waals surface area contributed by atoms with Crippen LogP contribution in [0.15, 0.2) is 48.5 Å². The Morgan fingerprint density at radius 2 is 1.09 bits per heavy atom. The fraction of sp³-hybridized carbons (Fsp3) is 0.417. The molecule has 2 aromatic carbocycles. The minimum Gasteiger partial charge on any atom is -0.482 e. The Bertz CT molecular complexity index is 730. The van der Waals surface area contributed by atoms with Gasteiger partial charge in [0.2, 0.25) is 0 Å². The van der Waals surface area contributed by atoms with Crippen molar-refractivity contribution in [2.75, 3.05) is 26.4 Å². The molecule has 178 valence electrons. The molecule has 0 fully saturated rings. The molecule has 0 aromatic heterocycles. The molecule has 0 atom stereocenters. The topological polar surface area (TPSA) is 106 Å². The van der Waals surface area contributed by atoms with Gasteiger partial charge in [-0.15, -0.1) is 12.4 Å². The molecule has 0 spiro atoms. The third-order valence-corrected chi connectivity index (χ3v) is 4.47. The van der Waals surface area contributed by atoms with Crippen LogP contribution in [-0.4, -0.2) is 38.4 Å². The van der Waals surface area contributed by atoms with Crippen LogP contribution >= 0.6 is 12.4 Å². The highest BCUT2D eigenvalue weighted by Crippen LogP contribution is 2.31. The van der Waals surface area contributed by atoms with Crippen LogP contribution in [0, 0.1) is 0 Å². The van der Waals surface area contributed by atoms with E-state index in [2.05, 4.69) is 6.92 Å². The summed E-state index contributed by atoms with van der Waals surface area (Å²) in [5, 5.41) is 0. The predicted molar refractivity (Wildman–Crippen MR) is 126 cm³/mol. The third kappa shape index (κ3) is 9.58. The number of carbonyl (C=O) groups excluding carboxylic acids is 2. The number of hydrogen-bond donors (Lipinski definition) is 1. The Balaban J connectivity index is 0.00000480. The van der Waals surface area contributed by atoms with Gasteiger partial charge in [0.05, 0.1) is 13.2 Å². The largest absolute Gasteiger partial charge is 0.482 e. The zero-order valence-corrected chi connectivity index (χ0v) is 19.8. The molecule has 0 aliphatic heterocycles. The zero-order valence-electron chi connectivity index (χ0n) is 19.0. The van der Waals surface area contributed by atoms with E-state index in [1.165, 1.54) is 11.1 Å². The lowest BCUT2D eigenvalue weighted by Gasteiger charge is -2.18. The average Bonchev–Trinajstić information content (AvgIpc) is 2.76. The average molecular weight is 468 g/mol. The Kier molecular flexibility index (Phi) is 14.6. The van der Waals surface area contributed by atoms with E-state index in [0.29, 0.717) is 24.7 Å². The maximum atomic E-state index is 11.4. The van der Waals surface area contributed by atoms with Crippen molar-refractivity contribution in [2.24, 2.45) is 0 Å².